The highest BCUT2D eigenvalue weighted by Crippen LogP contribution is 2.37. The van der Waals surface area contributed by atoms with Crippen molar-refractivity contribution in [1.29, 1.82) is 0 Å². The highest BCUT2D eigenvalue weighted by molar-refractivity contribution is 5.96. The maximum absolute atomic E-state index is 12.4. The molecule has 0 radical (unpaired) electrons. The first-order valence-corrected chi connectivity index (χ1v) is 7.77. The highest BCUT2D eigenvalue weighted by atomic mass is 16.6. The molecule has 1 aromatic heterocycles. The van der Waals surface area contributed by atoms with Gasteiger partial charge >= 0.3 is 0 Å². The van der Waals surface area contributed by atoms with E-state index in [-0.39, 0.29) is 11.8 Å². The van der Waals surface area contributed by atoms with Crippen LogP contribution >= 0.6 is 0 Å². The summed E-state index contributed by atoms with van der Waals surface area (Å²) in [4.78, 5) is 18.4. The first kappa shape index (κ1) is 14.0. The van der Waals surface area contributed by atoms with Gasteiger partial charge in [-0.2, -0.15) is 4.98 Å². The van der Waals surface area contributed by atoms with Crippen LogP contribution in [-0.4, -0.2) is 35.8 Å². The SMILES string of the molecule is CCc1noc([C@H]2CC(=O)N(c3ccc4c(c3)OCCO4)C2)n1. The number of carbonyl (C=O) groups excluding carboxylic acids is 1. The van der Waals surface area contributed by atoms with Gasteiger partial charge < -0.3 is 18.9 Å². The van der Waals surface area contributed by atoms with Crippen LogP contribution in [0.25, 0.3) is 0 Å². The number of nitrogens with zero attached hydrogens (tertiary/aromatic N) is 3. The summed E-state index contributed by atoms with van der Waals surface area (Å²) in [5.41, 5.74) is 0.803. The molecule has 0 bridgehead atoms. The van der Waals surface area contributed by atoms with Crippen LogP contribution in [0.3, 0.4) is 0 Å². The Labute approximate surface area is 133 Å². The second-order valence-electron chi connectivity index (χ2n) is 5.64. The summed E-state index contributed by atoms with van der Waals surface area (Å²) in [6.07, 6.45) is 1.09. The molecule has 3 heterocycles. The standard InChI is InChI=1S/C16H17N3O4/c1-2-14-17-16(23-18-14)10-7-15(20)19(9-10)11-3-4-12-13(8-11)22-6-5-21-12/h3-4,8,10H,2,5-7,9H2,1H3/t10-/m0/s1. The van der Waals surface area contributed by atoms with Crippen molar-refractivity contribution >= 4 is 11.6 Å². The molecule has 2 aliphatic rings. The minimum Gasteiger partial charge on any atom is -0.486 e. The van der Waals surface area contributed by atoms with Crippen molar-refractivity contribution in [3.05, 3.63) is 29.9 Å². The number of amides is 1. The van der Waals surface area contributed by atoms with Gasteiger partial charge in [-0.1, -0.05) is 12.1 Å². The number of aromatic nitrogens is 2. The average Bonchev–Trinajstić information content (AvgIpc) is 3.20. The fourth-order valence-corrected chi connectivity index (χ4v) is 2.90. The zero-order chi connectivity index (χ0) is 15.8. The molecule has 1 aromatic carbocycles. The number of rotatable bonds is 3. The fourth-order valence-electron chi connectivity index (χ4n) is 2.90. The lowest BCUT2D eigenvalue weighted by Crippen LogP contribution is -2.24. The van der Waals surface area contributed by atoms with Crippen molar-refractivity contribution in [3.8, 4) is 11.5 Å². The van der Waals surface area contributed by atoms with E-state index in [9.17, 15) is 4.79 Å². The Kier molecular flexibility index (Phi) is 3.40. The normalized spacial score (nSPS) is 20.1. The molecule has 23 heavy (non-hydrogen) atoms. The molecule has 0 aliphatic carbocycles. The summed E-state index contributed by atoms with van der Waals surface area (Å²) in [5.74, 6) is 2.58. The molecule has 0 saturated carbocycles. The van der Waals surface area contributed by atoms with Crippen molar-refractivity contribution in [2.75, 3.05) is 24.7 Å². The Bertz CT molecular complexity index is 743. The van der Waals surface area contributed by atoms with E-state index in [1.807, 2.05) is 25.1 Å². The molecule has 1 atom stereocenters. The van der Waals surface area contributed by atoms with E-state index in [0.717, 1.165) is 12.1 Å². The van der Waals surface area contributed by atoms with Gasteiger partial charge in [-0.25, -0.2) is 0 Å². The molecule has 0 N–H and O–H groups in total. The first-order valence-electron chi connectivity index (χ1n) is 7.77. The summed E-state index contributed by atoms with van der Waals surface area (Å²) in [6.45, 7) is 3.57. The van der Waals surface area contributed by atoms with Gasteiger partial charge in [0, 0.05) is 31.1 Å². The Hall–Kier alpha value is -2.57. The van der Waals surface area contributed by atoms with Gasteiger partial charge in [0.25, 0.3) is 0 Å². The van der Waals surface area contributed by atoms with Gasteiger partial charge in [-0.15, -0.1) is 0 Å². The number of ether oxygens (including phenoxy) is 2. The van der Waals surface area contributed by atoms with Crippen LogP contribution in [-0.2, 0) is 11.2 Å². The minimum absolute atomic E-state index is 0.0444. The smallest absolute Gasteiger partial charge is 0.232 e. The molecular formula is C16H17N3O4. The fraction of sp³-hybridized carbons (Fsp3) is 0.438. The molecule has 0 unspecified atom stereocenters. The third-order valence-electron chi connectivity index (χ3n) is 4.11. The molecule has 7 nitrogen and oxygen atoms in total. The van der Waals surface area contributed by atoms with Crippen molar-refractivity contribution in [2.24, 2.45) is 0 Å². The lowest BCUT2D eigenvalue weighted by molar-refractivity contribution is -0.117. The molecule has 2 aromatic rings. The van der Waals surface area contributed by atoms with Gasteiger partial charge in [0.1, 0.15) is 13.2 Å². The van der Waals surface area contributed by atoms with Crippen molar-refractivity contribution in [2.45, 2.75) is 25.7 Å². The Balaban J connectivity index is 1.56. The van der Waals surface area contributed by atoms with Crippen LogP contribution in [0.1, 0.15) is 31.0 Å². The molecule has 7 heteroatoms. The molecule has 0 spiro atoms. The van der Waals surface area contributed by atoms with E-state index in [0.29, 0.717) is 49.4 Å². The van der Waals surface area contributed by atoms with Crippen LogP contribution < -0.4 is 14.4 Å². The van der Waals surface area contributed by atoms with Crippen LogP contribution in [0.4, 0.5) is 5.69 Å². The lowest BCUT2D eigenvalue weighted by Gasteiger charge is -2.22. The number of hydrogen-bond donors (Lipinski definition) is 0. The molecule has 1 fully saturated rings. The second kappa shape index (κ2) is 5.57. The largest absolute Gasteiger partial charge is 0.486 e. The maximum atomic E-state index is 12.4. The average molecular weight is 315 g/mol. The van der Waals surface area contributed by atoms with E-state index in [4.69, 9.17) is 14.0 Å². The number of anilines is 1. The Morgan fingerprint density at radius 3 is 2.87 bits per heavy atom. The topological polar surface area (TPSA) is 77.7 Å². The van der Waals surface area contributed by atoms with Crippen molar-refractivity contribution in [3.63, 3.8) is 0 Å². The highest BCUT2D eigenvalue weighted by Gasteiger charge is 2.35. The summed E-state index contributed by atoms with van der Waals surface area (Å²) in [6, 6.07) is 5.56. The molecule has 2 aliphatic heterocycles. The summed E-state index contributed by atoms with van der Waals surface area (Å²) in [5, 5.41) is 3.91. The first-order chi connectivity index (χ1) is 11.2. The Morgan fingerprint density at radius 2 is 2.09 bits per heavy atom. The lowest BCUT2D eigenvalue weighted by atomic mass is 10.1. The quantitative estimate of drug-likeness (QED) is 0.861. The van der Waals surface area contributed by atoms with Crippen molar-refractivity contribution in [1.82, 2.24) is 10.1 Å². The zero-order valence-corrected chi connectivity index (χ0v) is 12.8. The van der Waals surface area contributed by atoms with Gasteiger partial charge in [0.15, 0.2) is 17.3 Å². The Morgan fingerprint density at radius 1 is 1.26 bits per heavy atom. The van der Waals surface area contributed by atoms with E-state index in [1.54, 1.807) is 4.90 Å². The third-order valence-corrected chi connectivity index (χ3v) is 4.11. The van der Waals surface area contributed by atoms with Crippen molar-refractivity contribution < 1.29 is 18.8 Å². The maximum Gasteiger partial charge on any atom is 0.232 e. The molecule has 1 saturated heterocycles. The van der Waals surface area contributed by atoms with Gasteiger partial charge in [-0.05, 0) is 12.1 Å². The van der Waals surface area contributed by atoms with E-state index in [2.05, 4.69) is 10.1 Å². The van der Waals surface area contributed by atoms with Crippen LogP contribution in [0, 0.1) is 0 Å². The molecule has 4 rings (SSSR count). The van der Waals surface area contributed by atoms with Crippen LogP contribution in [0.5, 0.6) is 11.5 Å². The minimum atomic E-state index is -0.0662. The number of carbonyl (C=O) groups is 1. The van der Waals surface area contributed by atoms with E-state index in [1.165, 1.54) is 0 Å². The van der Waals surface area contributed by atoms with Gasteiger partial charge in [0.2, 0.25) is 11.8 Å². The van der Waals surface area contributed by atoms with Gasteiger partial charge in [0.05, 0.1) is 5.92 Å². The monoisotopic (exact) mass is 315 g/mol. The van der Waals surface area contributed by atoms with Crippen LogP contribution in [0.2, 0.25) is 0 Å². The summed E-state index contributed by atoms with van der Waals surface area (Å²) in [7, 11) is 0. The number of fused-ring (bicyclic) bond motifs is 1. The number of hydrogen-bond acceptors (Lipinski definition) is 6. The number of benzene rings is 1. The zero-order valence-electron chi connectivity index (χ0n) is 12.8. The van der Waals surface area contributed by atoms with Gasteiger partial charge in [-0.3, -0.25) is 4.79 Å². The molecule has 120 valence electrons. The second-order valence-corrected chi connectivity index (χ2v) is 5.64. The number of aryl methyl sites for hydroxylation is 1. The summed E-state index contributed by atoms with van der Waals surface area (Å²) < 4.78 is 16.4. The third kappa shape index (κ3) is 2.52. The summed E-state index contributed by atoms with van der Waals surface area (Å²) >= 11 is 0. The molecule has 1 amide bonds. The van der Waals surface area contributed by atoms with Crippen LogP contribution in [0.15, 0.2) is 22.7 Å². The van der Waals surface area contributed by atoms with E-state index < -0.39 is 0 Å². The predicted molar refractivity (Wildman–Crippen MR) is 80.8 cm³/mol. The predicted octanol–water partition coefficient (Wildman–Crippen LogP) is 1.92. The molecular weight excluding hydrogens is 298 g/mol. The van der Waals surface area contributed by atoms with E-state index >= 15 is 0 Å².